The van der Waals surface area contributed by atoms with Gasteiger partial charge in [-0.1, -0.05) is 43.2 Å². The Labute approximate surface area is 137 Å². The van der Waals surface area contributed by atoms with Crippen molar-refractivity contribution in [3.05, 3.63) is 54.4 Å². The SMILES string of the molecule is O[C@H](CN1C[C@@H]2CCCC[C@@]21c1ccccc1)Cn1cccn1. The number of benzene rings is 1. The maximum absolute atomic E-state index is 10.5. The summed E-state index contributed by atoms with van der Waals surface area (Å²) in [7, 11) is 0. The highest BCUT2D eigenvalue weighted by Gasteiger charge is 2.54. The van der Waals surface area contributed by atoms with Crippen molar-refractivity contribution in [3.8, 4) is 0 Å². The summed E-state index contributed by atoms with van der Waals surface area (Å²) in [5.74, 6) is 0.746. The zero-order valence-corrected chi connectivity index (χ0v) is 13.5. The number of β-amino-alcohol motifs (C(OH)–C–C–N with tert-alkyl or cyclic N) is 1. The Kier molecular flexibility index (Phi) is 3.95. The van der Waals surface area contributed by atoms with Gasteiger partial charge in [0, 0.05) is 25.5 Å². The number of rotatable bonds is 5. The summed E-state index contributed by atoms with van der Waals surface area (Å²) in [6.07, 6.45) is 8.48. The highest BCUT2D eigenvalue weighted by atomic mass is 16.3. The van der Waals surface area contributed by atoms with Crippen LogP contribution in [0.1, 0.15) is 31.2 Å². The van der Waals surface area contributed by atoms with Gasteiger partial charge < -0.3 is 5.11 Å². The average molecular weight is 311 g/mol. The average Bonchev–Trinajstić information content (AvgIpc) is 3.06. The zero-order valence-electron chi connectivity index (χ0n) is 13.5. The molecular formula is C19H25N3O. The van der Waals surface area contributed by atoms with E-state index < -0.39 is 0 Å². The first-order valence-corrected chi connectivity index (χ1v) is 8.75. The van der Waals surface area contributed by atoms with Gasteiger partial charge in [0.25, 0.3) is 0 Å². The Morgan fingerprint density at radius 2 is 2.04 bits per heavy atom. The van der Waals surface area contributed by atoms with Crippen molar-refractivity contribution in [1.29, 1.82) is 0 Å². The molecule has 0 radical (unpaired) electrons. The standard InChI is InChI=1S/C19H25N3O/c23-18(15-22-12-6-11-20-22)14-21-13-17-9-4-5-10-19(17,21)16-7-2-1-3-8-16/h1-3,6-8,11-12,17-18,23H,4-5,9-10,13-15H2/t17-,18+,19+/m0/s1. The van der Waals surface area contributed by atoms with E-state index >= 15 is 0 Å². The van der Waals surface area contributed by atoms with Crippen LogP contribution in [-0.2, 0) is 12.1 Å². The molecule has 1 saturated heterocycles. The molecule has 2 aromatic rings. The maximum atomic E-state index is 10.5. The van der Waals surface area contributed by atoms with Crippen LogP contribution in [0.15, 0.2) is 48.8 Å². The second-order valence-corrected chi connectivity index (χ2v) is 7.02. The van der Waals surface area contributed by atoms with Crippen LogP contribution in [-0.4, -0.2) is 39.0 Å². The molecule has 23 heavy (non-hydrogen) atoms. The first-order valence-electron chi connectivity index (χ1n) is 8.75. The molecule has 122 valence electrons. The number of nitrogens with zero attached hydrogens (tertiary/aromatic N) is 3. The number of fused-ring (bicyclic) bond motifs is 1. The summed E-state index contributed by atoms with van der Waals surface area (Å²) >= 11 is 0. The Balaban J connectivity index is 1.52. The third kappa shape index (κ3) is 2.60. The van der Waals surface area contributed by atoms with Crippen molar-refractivity contribution in [2.45, 2.75) is 43.9 Å². The smallest absolute Gasteiger partial charge is 0.0863 e. The normalized spacial score (nSPS) is 28.8. The number of hydrogen-bond acceptors (Lipinski definition) is 3. The van der Waals surface area contributed by atoms with Gasteiger partial charge in [0.1, 0.15) is 0 Å². The third-order valence-corrected chi connectivity index (χ3v) is 5.70. The Hall–Kier alpha value is -1.65. The van der Waals surface area contributed by atoms with Crippen LogP contribution in [0.2, 0.25) is 0 Å². The lowest BCUT2D eigenvalue weighted by molar-refractivity contribution is -0.131. The molecule has 4 rings (SSSR count). The van der Waals surface area contributed by atoms with Gasteiger partial charge in [0.2, 0.25) is 0 Å². The molecule has 2 aliphatic rings. The Morgan fingerprint density at radius 3 is 2.78 bits per heavy atom. The summed E-state index contributed by atoms with van der Waals surface area (Å²) in [6.45, 7) is 2.41. The highest BCUT2D eigenvalue weighted by Crippen LogP contribution is 2.53. The number of likely N-dealkylation sites (tertiary alicyclic amines) is 1. The summed E-state index contributed by atoms with van der Waals surface area (Å²) in [5, 5.41) is 14.7. The molecule has 1 N–H and O–H groups in total. The van der Waals surface area contributed by atoms with Crippen molar-refractivity contribution in [2.75, 3.05) is 13.1 Å². The molecule has 1 aliphatic heterocycles. The van der Waals surface area contributed by atoms with Crippen molar-refractivity contribution in [3.63, 3.8) is 0 Å². The number of hydrogen-bond donors (Lipinski definition) is 1. The quantitative estimate of drug-likeness (QED) is 0.923. The fourth-order valence-corrected chi connectivity index (χ4v) is 4.67. The molecule has 1 aromatic heterocycles. The van der Waals surface area contributed by atoms with Gasteiger partial charge in [-0.15, -0.1) is 0 Å². The molecule has 0 bridgehead atoms. The van der Waals surface area contributed by atoms with Crippen LogP contribution in [0.4, 0.5) is 0 Å². The minimum Gasteiger partial charge on any atom is -0.390 e. The molecule has 0 spiro atoms. The summed E-state index contributed by atoms with van der Waals surface area (Å²) in [4.78, 5) is 2.51. The minimum absolute atomic E-state index is 0.157. The Bertz CT molecular complexity index is 627. The summed E-state index contributed by atoms with van der Waals surface area (Å²) in [5.41, 5.74) is 1.59. The predicted molar refractivity (Wildman–Crippen MR) is 89.9 cm³/mol. The van der Waals surface area contributed by atoms with Gasteiger partial charge in [-0.05, 0) is 30.4 Å². The van der Waals surface area contributed by atoms with E-state index in [0.29, 0.717) is 6.54 Å². The first kappa shape index (κ1) is 14.9. The van der Waals surface area contributed by atoms with Crippen LogP contribution in [0.5, 0.6) is 0 Å². The van der Waals surface area contributed by atoms with Crippen molar-refractivity contribution in [1.82, 2.24) is 14.7 Å². The second-order valence-electron chi connectivity index (χ2n) is 7.02. The largest absolute Gasteiger partial charge is 0.390 e. The van der Waals surface area contributed by atoms with Gasteiger partial charge in [0.05, 0.1) is 18.2 Å². The van der Waals surface area contributed by atoms with E-state index in [1.165, 1.54) is 31.2 Å². The molecule has 0 amide bonds. The van der Waals surface area contributed by atoms with Crippen LogP contribution in [0.25, 0.3) is 0 Å². The first-order chi connectivity index (χ1) is 11.3. The molecule has 1 saturated carbocycles. The maximum Gasteiger partial charge on any atom is 0.0863 e. The second kappa shape index (κ2) is 6.10. The van der Waals surface area contributed by atoms with Crippen LogP contribution < -0.4 is 0 Å². The molecule has 1 aliphatic carbocycles. The Morgan fingerprint density at radius 1 is 1.17 bits per heavy atom. The van der Waals surface area contributed by atoms with Gasteiger partial charge >= 0.3 is 0 Å². The minimum atomic E-state index is -0.377. The zero-order chi connectivity index (χ0) is 15.7. The van der Waals surface area contributed by atoms with Crippen molar-refractivity contribution in [2.24, 2.45) is 5.92 Å². The van der Waals surface area contributed by atoms with E-state index in [1.54, 1.807) is 6.20 Å². The predicted octanol–water partition coefficient (Wildman–Crippen LogP) is 2.65. The molecule has 4 nitrogen and oxygen atoms in total. The van der Waals surface area contributed by atoms with Crippen LogP contribution in [0.3, 0.4) is 0 Å². The lowest BCUT2D eigenvalue weighted by Crippen LogP contribution is -2.67. The number of aromatic nitrogens is 2. The van der Waals surface area contributed by atoms with Crippen LogP contribution >= 0.6 is 0 Å². The van der Waals surface area contributed by atoms with Gasteiger partial charge in [-0.25, -0.2) is 0 Å². The fraction of sp³-hybridized carbons (Fsp3) is 0.526. The lowest BCUT2D eigenvalue weighted by atomic mass is 9.61. The van der Waals surface area contributed by atoms with Gasteiger partial charge in [-0.3, -0.25) is 9.58 Å². The van der Waals surface area contributed by atoms with Crippen molar-refractivity contribution < 1.29 is 5.11 Å². The monoisotopic (exact) mass is 311 g/mol. The van der Waals surface area contributed by atoms with Gasteiger partial charge in [0.15, 0.2) is 0 Å². The molecule has 0 unspecified atom stereocenters. The van der Waals surface area contributed by atoms with E-state index in [0.717, 1.165) is 19.0 Å². The third-order valence-electron chi connectivity index (χ3n) is 5.70. The highest BCUT2D eigenvalue weighted by molar-refractivity contribution is 5.30. The summed E-state index contributed by atoms with van der Waals surface area (Å²) < 4.78 is 1.82. The molecule has 1 aromatic carbocycles. The fourth-order valence-electron chi connectivity index (χ4n) is 4.67. The molecule has 2 fully saturated rings. The molecule has 3 atom stereocenters. The van der Waals surface area contributed by atoms with E-state index in [4.69, 9.17) is 0 Å². The van der Waals surface area contributed by atoms with E-state index in [1.807, 2.05) is 16.9 Å². The van der Waals surface area contributed by atoms with E-state index in [-0.39, 0.29) is 11.6 Å². The number of aliphatic hydroxyl groups excluding tert-OH is 1. The van der Waals surface area contributed by atoms with E-state index in [9.17, 15) is 5.11 Å². The van der Waals surface area contributed by atoms with Crippen LogP contribution in [0, 0.1) is 5.92 Å². The molecular weight excluding hydrogens is 286 g/mol. The van der Waals surface area contributed by atoms with E-state index in [2.05, 4.69) is 40.3 Å². The lowest BCUT2D eigenvalue weighted by Gasteiger charge is -2.62. The van der Waals surface area contributed by atoms with Crippen molar-refractivity contribution >= 4 is 0 Å². The molecule has 4 heteroatoms. The van der Waals surface area contributed by atoms with Gasteiger partial charge in [-0.2, -0.15) is 5.10 Å². The topological polar surface area (TPSA) is 41.3 Å². The molecule has 2 heterocycles. The number of aliphatic hydroxyl groups is 1. The summed E-state index contributed by atoms with van der Waals surface area (Å²) in [6, 6.07) is 12.8.